The van der Waals surface area contributed by atoms with Gasteiger partial charge in [0.25, 0.3) is 0 Å². The lowest BCUT2D eigenvalue weighted by Crippen LogP contribution is -2.23. The topological polar surface area (TPSA) is 13.1 Å². The average molecular weight is 565 g/mol. The first kappa shape index (κ1) is 25.4. The van der Waals surface area contributed by atoms with E-state index in [-0.39, 0.29) is 5.41 Å². The standard InChI is InChI=1S/C43H32O/c1-43(2)38-14-5-3-9-33(38)36-26-25-31(35-12-8-15-39(43)41(35)36)29-21-17-27(18-22-29)28-19-23-30(24-20-28)32-11-7-13-37-34-10-4-6-16-40(34)44-42(32)37/h3,5-9,11-26H,4,10H2,1-2H3. The van der Waals surface area contributed by atoms with E-state index in [4.69, 9.17) is 4.42 Å². The van der Waals surface area contributed by atoms with Crippen LogP contribution in [-0.4, -0.2) is 0 Å². The summed E-state index contributed by atoms with van der Waals surface area (Å²) in [5, 5.41) is 3.95. The molecule has 0 atom stereocenters. The van der Waals surface area contributed by atoms with Crippen LogP contribution in [0.5, 0.6) is 0 Å². The van der Waals surface area contributed by atoms with Gasteiger partial charge < -0.3 is 4.42 Å². The van der Waals surface area contributed by atoms with Crippen molar-refractivity contribution in [2.24, 2.45) is 0 Å². The van der Waals surface area contributed by atoms with Crippen molar-refractivity contribution in [2.45, 2.75) is 32.1 Å². The van der Waals surface area contributed by atoms with Crippen LogP contribution in [0.15, 0.2) is 132 Å². The smallest absolute Gasteiger partial charge is 0.142 e. The SMILES string of the molecule is CC1(C)c2ccccc2-c2ccc(-c3ccc(-c4ccc(-c5cccc6c7c(oc56)C=CCC7)cc4)cc3)c3cccc1c23. The molecule has 0 amide bonds. The second-order valence-electron chi connectivity index (χ2n) is 12.8. The molecule has 1 heteroatoms. The Morgan fingerprint density at radius 2 is 1.14 bits per heavy atom. The van der Waals surface area contributed by atoms with Gasteiger partial charge in [-0.25, -0.2) is 0 Å². The quantitative estimate of drug-likeness (QED) is 0.208. The molecule has 210 valence electrons. The van der Waals surface area contributed by atoms with E-state index in [1.807, 2.05) is 0 Å². The first-order valence-corrected chi connectivity index (χ1v) is 15.7. The van der Waals surface area contributed by atoms with Crippen LogP contribution in [0.3, 0.4) is 0 Å². The molecule has 1 nitrogen and oxygen atoms in total. The number of aryl methyl sites for hydroxylation is 1. The first-order valence-electron chi connectivity index (χ1n) is 15.7. The number of rotatable bonds is 3. The van der Waals surface area contributed by atoms with Crippen LogP contribution in [-0.2, 0) is 11.8 Å². The van der Waals surface area contributed by atoms with E-state index in [0.717, 1.165) is 29.7 Å². The molecule has 0 spiro atoms. The van der Waals surface area contributed by atoms with Gasteiger partial charge in [-0.05, 0) is 79.8 Å². The third kappa shape index (κ3) is 3.66. The fourth-order valence-corrected chi connectivity index (χ4v) is 7.72. The third-order valence-electron chi connectivity index (χ3n) is 10.0. The maximum absolute atomic E-state index is 6.34. The Bertz CT molecular complexity index is 2270. The average Bonchev–Trinajstić information content (AvgIpc) is 3.46. The predicted molar refractivity (Wildman–Crippen MR) is 185 cm³/mol. The molecular weight excluding hydrogens is 532 g/mol. The molecule has 9 rings (SSSR count). The van der Waals surface area contributed by atoms with Crippen molar-refractivity contribution in [1.29, 1.82) is 0 Å². The van der Waals surface area contributed by atoms with Crippen LogP contribution >= 0.6 is 0 Å². The highest BCUT2D eigenvalue weighted by Crippen LogP contribution is 2.50. The molecule has 2 aliphatic rings. The van der Waals surface area contributed by atoms with E-state index in [1.54, 1.807) is 0 Å². The van der Waals surface area contributed by atoms with Crippen LogP contribution in [0.1, 0.15) is 42.7 Å². The van der Waals surface area contributed by atoms with Crippen LogP contribution in [0, 0.1) is 0 Å². The number of allylic oxidation sites excluding steroid dienone is 1. The molecular formula is C43H32O. The summed E-state index contributed by atoms with van der Waals surface area (Å²) in [6.45, 7) is 4.71. The monoisotopic (exact) mass is 564 g/mol. The highest BCUT2D eigenvalue weighted by atomic mass is 16.3. The lowest BCUT2D eigenvalue weighted by atomic mass is 9.68. The van der Waals surface area contributed by atoms with Crippen LogP contribution in [0.4, 0.5) is 0 Å². The Hall–Kier alpha value is -5.14. The lowest BCUT2D eigenvalue weighted by molar-refractivity contribution is 0.596. The second-order valence-corrected chi connectivity index (χ2v) is 12.8. The molecule has 0 unspecified atom stereocenters. The highest BCUT2D eigenvalue weighted by molar-refractivity contribution is 6.09. The minimum absolute atomic E-state index is 0.0450. The van der Waals surface area contributed by atoms with Gasteiger partial charge in [-0.1, -0.05) is 141 Å². The molecule has 0 N–H and O–H groups in total. The maximum Gasteiger partial charge on any atom is 0.142 e. The predicted octanol–water partition coefficient (Wildman–Crippen LogP) is 11.9. The fraction of sp³-hybridized carbons (Fsp3) is 0.116. The van der Waals surface area contributed by atoms with Crippen molar-refractivity contribution in [2.75, 3.05) is 0 Å². The van der Waals surface area contributed by atoms with E-state index in [2.05, 4.69) is 147 Å². The summed E-state index contributed by atoms with van der Waals surface area (Å²) >= 11 is 0. The Balaban J connectivity index is 1.07. The molecule has 0 aliphatic heterocycles. The van der Waals surface area contributed by atoms with Gasteiger partial charge in [-0.3, -0.25) is 0 Å². The van der Waals surface area contributed by atoms with Crippen LogP contribution in [0.2, 0.25) is 0 Å². The van der Waals surface area contributed by atoms with Crippen molar-refractivity contribution >= 4 is 27.8 Å². The summed E-state index contributed by atoms with van der Waals surface area (Å²) in [5.41, 5.74) is 15.1. The Morgan fingerprint density at radius 3 is 1.93 bits per heavy atom. The van der Waals surface area contributed by atoms with Gasteiger partial charge in [-0.15, -0.1) is 0 Å². The van der Waals surface area contributed by atoms with Gasteiger partial charge in [0, 0.05) is 21.9 Å². The van der Waals surface area contributed by atoms with Gasteiger partial charge in [0.15, 0.2) is 0 Å². The van der Waals surface area contributed by atoms with E-state index in [1.165, 1.54) is 71.8 Å². The summed E-state index contributed by atoms with van der Waals surface area (Å²) in [6.07, 6.45) is 6.45. The molecule has 0 radical (unpaired) electrons. The molecule has 0 fully saturated rings. The summed E-state index contributed by atoms with van der Waals surface area (Å²) in [4.78, 5) is 0. The molecule has 2 aliphatic carbocycles. The summed E-state index contributed by atoms with van der Waals surface area (Å²) < 4.78 is 6.34. The first-order chi connectivity index (χ1) is 21.6. The van der Waals surface area contributed by atoms with Crippen LogP contribution in [0.25, 0.3) is 72.3 Å². The molecule has 0 saturated heterocycles. The maximum atomic E-state index is 6.34. The number of furan rings is 1. The molecule has 6 aromatic carbocycles. The molecule has 1 aromatic heterocycles. The number of fused-ring (bicyclic) bond motifs is 5. The normalized spacial score (nSPS) is 14.5. The van der Waals surface area contributed by atoms with Crippen molar-refractivity contribution in [3.8, 4) is 44.5 Å². The Morgan fingerprint density at radius 1 is 0.523 bits per heavy atom. The number of hydrogen-bond donors (Lipinski definition) is 0. The number of benzene rings is 6. The Labute approximate surface area is 258 Å². The van der Waals surface area contributed by atoms with Gasteiger partial charge in [0.1, 0.15) is 11.3 Å². The fourth-order valence-electron chi connectivity index (χ4n) is 7.72. The minimum atomic E-state index is -0.0450. The van der Waals surface area contributed by atoms with E-state index < -0.39 is 0 Å². The van der Waals surface area contributed by atoms with Gasteiger partial charge >= 0.3 is 0 Å². The van der Waals surface area contributed by atoms with E-state index in [9.17, 15) is 0 Å². The van der Waals surface area contributed by atoms with Gasteiger partial charge in [0.05, 0.1) is 0 Å². The second kappa shape index (κ2) is 9.43. The Kier molecular flexibility index (Phi) is 5.44. The van der Waals surface area contributed by atoms with Crippen molar-refractivity contribution in [3.05, 3.63) is 150 Å². The molecule has 0 saturated carbocycles. The minimum Gasteiger partial charge on any atom is -0.456 e. The summed E-state index contributed by atoms with van der Waals surface area (Å²) in [7, 11) is 0. The molecule has 1 heterocycles. The van der Waals surface area contributed by atoms with E-state index >= 15 is 0 Å². The highest BCUT2D eigenvalue weighted by Gasteiger charge is 2.33. The van der Waals surface area contributed by atoms with Gasteiger partial charge in [0.2, 0.25) is 0 Å². The molecule has 7 aromatic rings. The van der Waals surface area contributed by atoms with E-state index in [0.29, 0.717) is 0 Å². The molecule has 44 heavy (non-hydrogen) atoms. The zero-order valence-corrected chi connectivity index (χ0v) is 25.0. The van der Waals surface area contributed by atoms with Crippen molar-refractivity contribution in [3.63, 3.8) is 0 Å². The largest absolute Gasteiger partial charge is 0.456 e. The third-order valence-corrected chi connectivity index (χ3v) is 10.0. The zero-order valence-electron chi connectivity index (χ0n) is 25.0. The summed E-state index contributed by atoms with van der Waals surface area (Å²) in [6, 6.07) is 44.9. The van der Waals surface area contributed by atoms with Crippen molar-refractivity contribution in [1.82, 2.24) is 0 Å². The lowest BCUT2D eigenvalue weighted by Gasteiger charge is -2.35. The van der Waals surface area contributed by atoms with Crippen molar-refractivity contribution < 1.29 is 4.42 Å². The van der Waals surface area contributed by atoms with Gasteiger partial charge in [-0.2, -0.15) is 0 Å². The number of para-hydroxylation sites is 1. The zero-order chi connectivity index (χ0) is 29.4. The van der Waals surface area contributed by atoms with Crippen LogP contribution < -0.4 is 0 Å². The summed E-state index contributed by atoms with van der Waals surface area (Å²) in [5.74, 6) is 1.01. The number of hydrogen-bond acceptors (Lipinski definition) is 1. The molecule has 0 bridgehead atoms.